The van der Waals surface area contributed by atoms with Crippen LogP contribution in [0, 0.1) is 11.8 Å². The molecule has 8 nitrogen and oxygen atoms in total. The molecule has 2 N–H and O–H groups in total. The lowest BCUT2D eigenvalue weighted by Crippen LogP contribution is -2.47. The smallest absolute Gasteiger partial charge is 0.409 e. The van der Waals surface area contributed by atoms with E-state index in [1.165, 1.54) is 25.8 Å². The van der Waals surface area contributed by atoms with Crippen molar-refractivity contribution >= 4 is 23.8 Å². The summed E-state index contributed by atoms with van der Waals surface area (Å²) in [7, 11) is 1.52. The summed E-state index contributed by atoms with van der Waals surface area (Å²) in [5.41, 5.74) is 0. The molecule has 3 unspecified atom stereocenters. The van der Waals surface area contributed by atoms with Crippen molar-refractivity contribution in [3.8, 4) is 0 Å². The number of carboxylic acid groups (broad SMARTS) is 1. The lowest BCUT2D eigenvalue weighted by atomic mass is 9.90. The van der Waals surface area contributed by atoms with Crippen molar-refractivity contribution in [2.45, 2.75) is 32.7 Å². The highest BCUT2D eigenvalue weighted by atomic mass is 16.6. The fourth-order valence-electron chi connectivity index (χ4n) is 2.25. The summed E-state index contributed by atoms with van der Waals surface area (Å²) >= 11 is 0. The van der Waals surface area contributed by atoms with Crippen LogP contribution in [-0.4, -0.2) is 60.0 Å². The minimum absolute atomic E-state index is 0.0360. The van der Waals surface area contributed by atoms with Crippen LogP contribution in [0.2, 0.25) is 0 Å². The van der Waals surface area contributed by atoms with Gasteiger partial charge < -0.3 is 20.1 Å². The van der Waals surface area contributed by atoms with Gasteiger partial charge in [-0.15, -0.1) is 0 Å². The Morgan fingerprint density at radius 3 is 2.50 bits per heavy atom. The molecule has 22 heavy (non-hydrogen) atoms. The molecule has 0 spiro atoms. The van der Waals surface area contributed by atoms with Crippen molar-refractivity contribution in [2.24, 2.45) is 11.8 Å². The van der Waals surface area contributed by atoms with E-state index >= 15 is 0 Å². The summed E-state index contributed by atoms with van der Waals surface area (Å²) in [5, 5.41) is 11.8. The molecule has 1 aliphatic rings. The number of ketones is 1. The number of ether oxygens (including phenoxy) is 1. The Labute approximate surface area is 128 Å². The molecule has 0 radical (unpaired) electrons. The molecule has 0 aromatic carbocycles. The molecule has 1 heterocycles. The van der Waals surface area contributed by atoms with Gasteiger partial charge in [0.2, 0.25) is 5.91 Å². The summed E-state index contributed by atoms with van der Waals surface area (Å²) in [4.78, 5) is 48.1. The summed E-state index contributed by atoms with van der Waals surface area (Å²) in [6, 6.07) is -0.751. The SMILES string of the molecule is CC(=O)C1CCN(C)C(=O)OCCC(C(=O)O)C(C)C(=O)N1. The van der Waals surface area contributed by atoms with Crippen molar-refractivity contribution in [1.29, 1.82) is 0 Å². The Morgan fingerprint density at radius 2 is 1.95 bits per heavy atom. The number of Topliss-reactive ketones (excluding diaryl/α,β-unsaturated/α-hetero) is 1. The number of hydrogen-bond donors (Lipinski definition) is 2. The summed E-state index contributed by atoms with van der Waals surface area (Å²) < 4.78 is 4.99. The standard InChI is InChI=1S/C14H22N2O6/c1-8-10(13(19)20)5-7-22-14(21)16(3)6-4-11(9(2)17)15-12(8)18/h8,10-11H,4-7H2,1-3H3,(H,15,18)(H,19,20). The first kappa shape index (κ1) is 17.9. The van der Waals surface area contributed by atoms with Crippen LogP contribution in [0.15, 0.2) is 0 Å². The zero-order valence-electron chi connectivity index (χ0n) is 13.0. The number of nitrogens with zero attached hydrogens (tertiary/aromatic N) is 1. The van der Waals surface area contributed by atoms with Crippen molar-refractivity contribution in [2.75, 3.05) is 20.2 Å². The second-order valence-electron chi connectivity index (χ2n) is 5.52. The largest absolute Gasteiger partial charge is 0.481 e. The fourth-order valence-corrected chi connectivity index (χ4v) is 2.25. The van der Waals surface area contributed by atoms with Gasteiger partial charge in [0.1, 0.15) is 0 Å². The first-order chi connectivity index (χ1) is 10.2. The molecule has 8 heteroatoms. The van der Waals surface area contributed by atoms with E-state index in [2.05, 4.69) is 5.32 Å². The van der Waals surface area contributed by atoms with Crippen LogP contribution >= 0.6 is 0 Å². The third-order valence-electron chi connectivity index (χ3n) is 3.86. The molecule has 0 aromatic rings. The van der Waals surface area contributed by atoms with Crippen LogP contribution in [0.3, 0.4) is 0 Å². The molecule has 0 bridgehead atoms. The van der Waals surface area contributed by atoms with Crippen LogP contribution in [-0.2, 0) is 19.1 Å². The summed E-state index contributed by atoms with van der Waals surface area (Å²) in [6.45, 7) is 3.01. The maximum atomic E-state index is 12.2. The topological polar surface area (TPSA) is 113 Å². The maximum Gasteiger partial charge on any atom is 0.409 e. The second-order valence-corrected chi connectivity index (χ2v) is 5.52. The van der Waals surface area contributed by atoms with Gasteiger partial charge in [-0.1, -0.05) is 6.92 Å². The second kappa shape index (κ2) is 7.77. The van der Waals surface area contributed by atoms with Crippen molar-refractivity contribution in [3.05, 3.63) is 0 Å². The fraction of sp³-hybridized carbons (Fsp3) is 0.714. The van der Waals surface area contributed by atoms with Gasteiger partial charge in [-0.2, -0.15) is 0 Å². The molecule has 1 saturated heterocycles. The highest BCUT2D eigenvalue weighted by Gasteiger charge is 2.32. The highest BCUT2D eigenvalue weighted by molar-refractivity contribution is 5.90. The Balaban J connectivity index is 2.96. The van der Waals surface area contributed by atoms with Crippen molar-refractivity contribution in [1.82, 2.24) is 10.2 Å². The average Bonchev–Trinajstić information content (AvgIpc) is 2.44. The van der Waals surface area contributed by atoms with Crippen molar-refractivity contribution in [3.63, 3.8) is 0 Å². The van der Waals surface area contributed by atoms with Crippen LogP contribution in [0.25, 0.3) is 0 Å². The number of carbonyl (C=O) groups is 4. The molecule has 1 rings (SSSR count). The number of hydrogen-bond acceptors (Lipinski definition) is 5. The zero-order chi connectivity index (χ0) is 16.9. The zero-order valence-corrected chi connectivity index (χ0v) is 13.0. The minimum atomic E-state index is -1.14. The highest BCUT2D eigenvalue weighted by Crippen LogP contribution is 2.18. The van der Waals surface area contributed by atoms with Gasteiger partial charge in [-0.3, -0.25) is 14.4 Å². The predicted octanol–water partition coefficient (Wildman–Crippen LogP) is 0.259. The molecule has 0 saturated carbocycles. The minimum Gasteiger partial charge on any atom is -0.481 e. The third-order valence-corrected chi connectivity index (χ3v) is 3.86. The van der Waals surface area contributed by atoms with E-state index in [1.54, 1.807) is 0 Å². The summed E-state index contributed by atoms with van der Waals surface area (Å²) in [5.74, 6) is -3.67. The Bertz CT molecular complexity index is 464. The van der Waals surface area contributed by atoms with Gasteiger partial charge in [-0.25, -0.2) is 4.79 Å². The molecule has 3 atom stereocenters. The average molecular weight is 314 g/mol. The van der Waals surface area contributed by atoms with Gasteiger partial charge in [0, 0.05) is 19.5 Å². The van der Waals surface area contributed by atoms with Gasteiger partial charge in [0.15, 0.2) is 5.78 Å². The predicted molar refractivity (Wildman–Crippen MR) is 76.1 cm³/mol. The monoisotopic (exact) mass is 314 g/mol. The molecular weight excluding hydrogens is 292 g/mol. The number of rotatable bonds is 2. The first-order valence-electron chi connectivity index (χ1n) is 7.15. The molecule has 0 aliphatic carbocycles. The molecule has 2 amide bonds. The van der Waals surface area contributed by atoms with E-state index in [0.29, 0.717) is 0 Å². The number of aliphatic carboxylic acids is 1. The van der Waals surface area contributed by atoms with Crippen LogP contribution in [0.5, 0.6) is 0 Å². The number of nitrogens with one attached hydrogen (secondary N) is 1. The van der Waals surface area contributed by atoms with E-state index in [1.807, 2.05) is 0 Å². The maximum absolute atomic E-state index is 12.2. The van der Waals surface area contributed by atoms with Gasteiger partial charge in [0.25, 0.3) is 0 Å². The van der Waals surface area contributed by atoms with Crippen LogP contribution < -0.4 is 5.32 Å². The molecule has 124 valence electrons. The van der Waals surface area contributed by atoms with E-state index < -0.39 is 35.8 Å². The van der Waals surface area contributed by atoms with E-state index in [-0.39, 0.29) is 31.8 Å². The Morgan fingerprint density at radius 1 is 1.32 bits per heavy atom. The quantitative estimate of drug-likeness (QED) is 0.756. The van der Waals surface area contributed by atoms with Crippen LogP contribution in [0.4, 0.5) is 4.79 Å². The summed E-state index contributed by atoms with van der Waals surface area (Å²) in [6.07, 6.45) is -0.295. The third kappa shape index (κ3) is 4.71. The van der Waals surface area contributed by atoms with Gasteiger partial charge in [0.05, 0.1) is 18.6 Å². The number of carbonyl (C=O) groups excluding carboxylic acids is 3. The van der Waals surface area contributed by atoms with Crippen LogP contribution in [0.1, 0.15) is 26.7 Å². The Hall–Kier alpha value is -2.12. The lowest BCUT2D eigenvalue weighted by molar-refractivity contribution is -0.147. The lowest BCUT2D eigenvalue weighted by Gasteiger charge is -2.26. The number of carboxylic acids is 1. The molecule has 0 aromatic heterocycles. The normalized spacial score (nSPS) is 28.0. The molecular formula is C14H22N2O6. The van der Waals surface area contributed by atoms with E-state index in [9.17, 15) is 24.3 Å². The molecule has 1 aliphatic heterocycles. The van der Waals surface area contributed by atoms with Gasteiger partial charge in [-0.05, 0) is 19.8 Å². The van der Waals surface area contributed by atoms with Gasteiger partial charge >= 0.3 is 12.1 Å². The Kier molecular flexibility index (Phi) is 6.33. The number of cyclic esters (lactones) is 1. The first-order valence-corrected chi connectivity index (χ1v) is 7.15. The number of amides is 2. The molecule has 1 fully saturated rings. The van der Waals surface area contributed by atoms with E-state index in [4.69, 9.17) is 4.74 Å². The van der Waals surface area contributed by atoms with E-state index in [0.717, 1.165) is 0 Å². The van der Waals surface area contributed by atoms with Crippen molar-refractivity contribution < 1.29 is 29.0 Å².